The summed E-state index contributed by atoms with van der Waals surface area (Å²) in [7, 11) is 1.71. The molecule has 2 aromatic rings. The maximum Gasteiger partial charge on any atom is 0.254 e. The van der Waals surface area contributed by atoms with Crippen LogP contribution in [0.15, 0.2) is 40.9 Å². The molecule has 2 heterocycles. The molecule has 1 aromatic heterocycles. The monoisotopic (exact) mass is 302 g/mol. The lowest BCUT2D eigenvalue weighted by Crippen LogP contribution is -2.43. The normalized spacial score (nSPS) is 18.1. The molecule has 3 rings (SSSR count). The molecule has 0 bridgehead atoms. The molecule has 0 radical (unpaired) electrons. The van der Waals surface area contributed by atoms with Gasteiger partial charge in [0.05, 0.1) is 26.4 Å². The van der Waals surface area contributed by atoms with E-state index < -0.39 is 6.10 Å². The van der Waals surface area contributed by atoms with Crippen molar-refractivity contribution in [2.45, 2.75) is 12.6 Å². The van der Waals surface area contributed by atoms with Crippen LogP contribution in [-0.4, -0.2) is 48.9 Å². The number of carbonyl (C=O) groups is 1. The number of hydrogen-bond donors (Lipinski definition) is 0. The molecule has 1 aliphatic heterocycles. The SMILES string of the molecule is CN(Cc1cc(-c2ccccc2)no1)C(=O)C1COCCO1. The van der Waals surface area contributed by atoms with Gasteiger partial charge in [-0.15, -0.1) is 0 Å². The summed E-state index contributed by atoms with van der Waals surface area (Å²) in [6.07, 6.45) is -0.532. The van der Waals surface area contributed by atoms with Crippen LogP contribution in [-0.2, 0) is 20.8 Å². The molecule has 1 amide bonds. The van der Waals surface area contributed by atoms with Crippen molar-refractivity contribution in [2.75, 3.05) is 26.9 Å². The summed E-state index contributed by atoms with van der Waals surface area (Å²) in [5.74, 6) is 0.517. The van der Waals surface area contributed by atoms with Crippen LogP contribution in [0.3, 0.4) is 0 Å². The number of hydrogen-bond acceptors (Lipinski definition) is 5. The molecule has 1 saturated heterocycles. The van der Waals surface area contributed by atoms with Gasteiger partial charge in [-0.05, 0) is 0 Å². The van der Waals surface area contributed by atoms with Gasteiger partial charge in [0.1, 0.15) is 5.69 Å². The minimum absolute atomic E-state index is 0.114. The Morgan fingerprint density at radius 1 is 1.32 bits per heavy atom. The van der Waals surface area contributed by atoms with Gasteiger partial charge in [-0.3, -0.25) is 4.79 Å². The lowest BCUT2D eigenvalue weighted by molar-refractivity contribution is -0.157. The topological polar surface area (TPSA) is 64.8 Å². The highest BCUT2D eigenvalue weighted by molar-refractivity contribution is 5.80. The Morgan fingerprint density at radius 3 is 2.86 bits per heavy atom. The molecule has 1 unspecified atom stereocenters. The Bertz CT molecular complexity index is 620. The molecular formula is C16H18N2O4. The summed E-state index contributed by atoms with van der Waals surface area (Å²) in [6.45, 7) is 1.63. The maximum absolute atomic E-state index is 12.2. The second-order valence-electron chi connectivity index (χ2n) is 5.17. The molecular weight excluding hydrogens is 284 g/mol. The zero-order chi connectivity index (χ0) is 15.4. The molecule has 1 aromatic carbocycles. The van der Waals surface area contributed by atoms with E-state index in [-0.39, 0.29) is 5.91 Å². The summed E-state index contributed by atoms with van der Waals surface area (Å²) < 4.78 is 16.0. The van der Waals surface area contributed by atoms with E-state index in [0.29, 0.717) is 32.1 Å². The van der Waals surface area contributed by atoms with Gasteiger partial charge >= 0.3 is 0 Å². The molecule has 22 heavy (non-hydrogen) atoms. The Kier molecular flexibility index (Phi) is 4.50. The predicted molar refractivity (Wildman–Crippen MR) is 79.0 cm³/mol. The molecule has 0 saturated carbocycles. The van der Waals surface area contributed by atoms with Crippen LogP contribution < -0.4 is 0 Å². The van der Waals surface area contributed by atoms with Crippen molar-refractivity contribution in [1.82, 2.24) is 10.1 Å². The van der Waals surface area contributed by atoms with Gasteiger partial charge in [-0.25, -0.2) is 0 Å². The highest BCUT2D eigenvalue weighted by atomic mass is 16.6. The Hall–Kier alpha value is -2.18. The van der Waals surface area contributed by atoms with Crippen molar-refractivity contribution in [1.29, 1.82) is 0 Å². The fourth-order valence-electron chi connectivity index (χ4n) is 2.32. The summed E-state index contributed by atoms with van der Waals surface area (Å²) in [5, 5.41) is 4.04. The fourth-order valence-corrected chi connectivity index (χ4v) is 2.32. The Morgan fingerprint density at radius 2 is 2.14 bits per heavy atom. The summed E-state index contributed by atoms with van der Waals surface area (Å²) in [5.41, 5.74) is 1.74. The largest absolute Gasteiger partial charge is 0.376 e. The van der Waals surface area contributed by atoms with Crippen molar-refractivity contribution in [3.8, 4) is 11.3 Å². The van der Waals surface area contributed by atoms with Gasteiger partial charge in [0, 0.05) is 18.7 Å². The quantitative estimate of drug-likeness (QED) is 0.860. The highest BCUT2D eigenvalue weighted by Crippen LogP contribution is 2.19. The molecule has 116 valence electrons. The van der Waals surface area contributed by atoms with E-state index in [9.17, 15) is 4.79 Å². The smallest absolute Gasteiger partial charge is 0.254 e. The Balaban J connectivity index is 1.63. The third-order valence-corrected chi connectivity index (χ3v) is 3.49. The van der Waals surface area contributed by atoms with Gasteiger partial charge in [-0.1, -0.05) is 35.5 Å². The van der Waals surface area contributed by atoms with Crippen molar-refractivity contribution in [3.05, 3.63) is 42.2 Å². The van der Waals surface area contributed by atoms with E-state index >= 15 is 0 Å². The van der Waals surface area contributed by atoms with Crippen molar-refractivity contribution in [2.24, 2.45) is 0 Å². The number of likely N-dealkylation sites (N-methyl/N-ethyl adjacent to an activating group) is 1. The molecule has 0 N–H and O–H groups in total. The van der Waals surface area contributed by atoms with E-state index in [0.717, 1.165) is 11.3 Å². The van der Waals surface area contributed by atoms with Crippen LogP contribution in [0, 0.1) is 0 Å². The third-order valence-electron chi connectivity index (χ3n) is 3.49. The Labute approximate surface area is 128 Å². The second kappa shape index (κ2) is 6.72. The number of nitrogens with zero attached hydrogens (tertiary/aromatic N) is 2. The van der Waals surface area contributed by atoms with E-state index in [4.69, 9.17) is 14.0 Å². The van der Waals surface area contributed by atoms with Gasteiger partial charge < -0.3 is 18.9 Å². The average Bonchev–Trinajstić information content (AvgIpc) is 3.04. The van der Waals surface area contributed by atoms with Crippen LogP contribution in [0.25, 0.3) is 11.3 Å². The number of carbonyl (C=O) groups excluding carboxylic acids is 1. The molecule has 1 atom stereocenters. The molecule has 0 aliphatic carbocycles. The van der Waals surface area contributed by atoms with Crippen LogP contribution in [0.5, 0.6) is 0 Å². The number of amides is 1. The van der Waals surface area contributed by atoms with E-state index in [2.05, 4.69) is 5.16 Å². The first-order chi connectivity index (χ1) is 10.7. The zero-order valence-electron chi connectivity index (χ0n) is 12.4. The van der Waals surface area contributed by atoms with Gasteiger partial charge in [0.25, 0.3) is 5.91 Å². The maximum atomic E-state index is 12.2. The summed E-state index contributed by atoms with van der Waals surface area (Å²) in [6, 6.07) is 11.6. The van der Waals surface area contributed by atoms with Gasteiger partial charge in [0.15, 0.2) is 11.9 Å². The molecule has 6 heteroatoms. The standard InChI is InChI=1S/C16H18N2O4/c1-18(16(19)15-11-20-7-8-21-15)10-13-9-14(17-22-13)12-5-3-2-4-6-12/h2-6,9,15H,7-8,10-11H2,1H3. The summed E-state index contributed by atoms with van der Waals surface area (Å²) >= 11 is 0. The van der Waals surface area contributed by atoms with Crippen LogP contribution in [0.1, 0.15) is 5.76 Å². The van der Waals surface area contributed by atoms with Crippen molar-refractivity contribution >= 4 is 5.91 Å². The molecule has 0 spiro atoms. The average molecular weight is 302 g/mol. The van der Waals surface area contributed by atoms with E-state index in [1.807, 2.05) is 36.4 Å². The highest BCUT2D eigenvalue weighted by Gasteiger charge is 2.26. The first-order valence-electron chi connectivity index (χ1n) is 7.19. The summed E-state index contributed by atoms with van der Waals surface area (Å²) in [4.78, 5) is 13.8. The minimum atomic E-state index is -0.532. The lowest BCUT2D eigenvalue weighted by atomic mass is 10.1. The van der Waals surface area contributed by atoms with Crippen molar-refractivity contribution in [3.63, 3.8) is 0 Å². The zero-order valence-corrected chi connectivity index (χ0v) is 12.4. The van der Waals surface area contributed by atoms with Gasteiger partial charge in [0.2, 0.25) is 0 Å². The molecule has 1 aliphatic rings. The van der Waals surface area contributed by atoms with E-state index in [1.165, 1.54) is 0 Å². The molecule has 6 nitrogen and oxygen atoms in total. The lowest BCUT2D eigenvalue weighted by Gasteiger charge is -2.26. The second-order valence-corrected chi connectivity index (χ2v) is 5.17. The van der Waals surface area contributed by atoms with Crippen LogP contribution >= 0.6 is 0 Å². The van der Waals surface area contributed by atoms with Gasteiger partial charge in [-0.2, -0.15) is 0 Å². The first-order valence-corrected chi connectivity index (χ1v) is 7.19. The van der Waals surface area contributed by atoms with Crippen molar-refractivity contribution < 1.29 is 18.8 Å². The first kappa shape index (κ1) is 14.7. The predicted octanol–water partition coefficient (Wildman–Crippen LogP) is 1.72. The van der Waals surface area contributed by atoms with E-state index in [1.54, 1.807) is 11.9 Å². The number of rotatable bonds is 4. The number of aromatic nitrogens is 1. The minimum Gasteiger partial charge on any atom is -0.376 e. The third kappa shape index (κ3) is 3.35. The van der Waals surface area contributed by atoms with Crippen LogP contribution in [0.2, 0.25) is 0 Å². The number of benzene rings is 1. The fraction of sp³-hybridized carbons (Fsp3) is 0.375. The number of ether oxygens (including phenoxy) is 2. The molecule has 1 fully saturated rings. The van der Waals surface area contributed by atoms with Crippen LogP contribution in [0.4, 0.5) is 0 Å².